The maximum absolute atomic E-state index is 2.42. The van der Waals surface area contributed by atoms with Gasteiger partial charge in [0.05, 0.1) is 8.07 Å². The van der Waals surface area contributed by atoms with Gasteiger partial charge in [-0.05, 0) is 42.0 Å². The minimum atomic E-state index is -1.30. The largest absolute Gasteiger partial charge is 0.212 e. The molecule has 1 nitrogen and oxygen atoms in total. The summed E-state index contributed by atoms with van der Waals surface area (Å²) in [5.41, 5.74) is 7.03. The number of aryl methyl sites for hydroxylation is 3. The molecule has 0 spiro atoms. The van der Waals surface area contributed by atoms with Crippen molar-refractivity contribution in [3.8, 4) is 11.3 Å². The van der Waals surface area contributed by atoms with E-state index in [0.29, 0.717) is 0 Å². The average molecular weight is 327 g/mol. The molecule has 2 aromatic rings. The summed E-state index contributed by atoms with van der Waals surface area (Å²) in [5.74, 6) is 0. The molecule has 0 N–H and O–H groups in total. The third kappa shape index (κ3) is 3.74. The maximum atomic E-state index is 2.42. The molecule has 1 aromatic heterocycles. The number of hydrogen-bond donors (Lipinski definition) is 0. The van der Waals surface area contributed by atoms with E-state index >= 15 is 0 Å². The van der Waals surface area contributed by atoms with Crippen LogP contribution in [0.1, 0.15) is 37.5 Å². The Morgan fingerprint density at radius 3 is 2.00 bits per heavy atom. The van der Waals surface area contributed by atoms with Crippen LogP contribution in [0.3, 0.4) is 0 Å². The van der Waals surface area contributed by atoms with Crippen molar-refractivity contribution in [3.63, 3.8) is 0 Å². The van der Waals surface area contributed by atoms with E-state index in [2.05, 4.69) is 96.3 Å². The van der Waals surface area contributed by atoms with Gasteiger partial charge in [0.1, 0.15) is 7.05 Å². The van der Waals surface area contributed by atoms with Gasteiger partial charge in [-0.15, -0.1) is 0 Å². The molecule has 0 radical (unpaired) electrons. The number of nitrogens with zero attached hydrogens (tertiary/aromatic N) is 1. The van der Waals surface area contributed by atoms with Crippen LogP contribution in [0.5, 0.6) is 0 Å². The van der Waals surface area contributed by atoms with Crippen LogP contribution in [0.4, 0.5) is 0 Å². The van der Waals surface area contributed by atoms with E-state index in [1.54, 1.807) is 5.19 Å². The van der Waals surface area contributed by atoms with Gasteiger partial charge in [0.2, 0.25) is 5.69 Å². The number of rotatable bonds is 2. The van der Waals surface area contributed by atoms with Crippen molar-refractivity contribution in [3.05, 3.63) is 47.2 Å². The van der Waals surface area contributed by atoms with Crippen molar-refractivity contribution in [1.82, 2.24) is 0 Å². The molecule has 2 heteroatoms. The van der Waals surface area contributed by atoms with Gasteiger partial charge in [-0.1, -0.05) is 52.5 Å². The molecule has 0 unspecified atom stereocenters. The highest BCUT2D eigenvalue weighted by molar-refractivity contribution is 6.88. The summed E-state index contributed by atoms with van der Waals surface area (Å²) in [4.78, 5) is 0. The zero-order valence-electron chi connectivity index (χ0n) is 16.3. The molecule has 0 aliphatic carbocycles. The Morgan fingerprint density at radius 2 is 1.52 bits per heavy atom. The second kappa shape index (κ2) is 5.90. The number of aromatic nitrogens is 1. The second-order valence-electron chi connectivity index (χ2n) is 8.90. The van der Waals surface area contributed by atoms with Crippen LogP contribution >= 0.6 is 0 Å². The lowest BCUT2D eigenvalue weighted by atomic mass is 9.85. The third-order valence-electron chi connectivity index (χ3n) is 4.66. The van der Waals surface area contributed by atoms with Gasteiger partial charge in [0.15, 0.2) is 6.20 Å². The Balaban J connectivity index is 2.58. The van der Waals surface area contributed by atoms with E-state index in [1.807, 2.05) is 0 Å². The minimum absolute atomic E-state index is 0.198. The minimum Gasteiger partial charge on any atom is -0.201 e. The van der Waals surface area contributed by atoms with E-state index in [-0.39, 0.29) is 5.41 Å². The van der Waals surface area contributed by atoms with Gasteiger partial charge in [0.25, 0.3) is 0 Å². The number of hydrogen-bond acceptors (Lipinski definition) is 0. The van der Waals surface area contributed by atoms with Gasteiger partial charge in [-0.3, -0.25) is 0 Å². The summed E-state index contributed by atoms with van der Waals surface area (Å²) in [6, 6.07) is 9.28. The van der Waals surface area contributed by atoms with Crippen LogP contribution in [0, 0.1) is 13.8 Å². The molecule has 0 amide bonds. The van der Waals surface area contributed by atoms with Gasteiger partial charge in [-0.25, -0.2) is 4.57 Å². The predicted octanol–water partition coefficient (Wildman–Crippen LogP) is 4.64. The Hall–Kier alpha value is -1.41. The molecule has 1 aromatic carbocycles. The third-order valence-corrected chi connectivity index (χ3v) is 6.80. The molecule has 0 fully saturated rings. The highest BCUT2D eigenvalue weighted by atomic mass is 28.3. The quantitative estimate of drug-likeness (QED) is 0.559. The van der Waals surface area contributed by atoms with Crippen LogP contribution in [0.25, 0.3) is 11.3 Å². The molecular weight excluding hydrogens is 294 g/mol. The van der Waals surface area contributed by atoms with E-state index in [9.17, 15) is 0 Å². The predicted molar refractivity (Wildman–Crippen MR) is 104 cm³/mol. The molecule has 124 valence electrons. The van der Waals surface area contributed by atoms with E-state index < -0.39 is 8.07 Å². The van der Waals surface area contributed by atoms with Crippen LogP contribution in [0.15, 0.2) is 30.5 Å². The van der Waals surface area contributed by atoms with Gasteiger partial charge < -0.3 is 0 Å². The zero-order valence-corrected chi connectivity index (χ0v) is 17.3. The zero-order chi connectivity index (χ0) is 17.6. The van der Waals surface area contributed by atoms with Gasteiger partial charge in [0, 0.05) is 16.8 Å². The average Bonchev–Trinajstić information content (AvgIpc) is 2.39. The lowest BCUT2D eigenvalue weighted by Crippen LogP contribution is -2.46. The molecule has 1 heterocycles. The van der Waals surface area contributed by atoms with Crippen LogP contribution in [0.2, 0.25) is 19.6 Å². The first-order chi connectivity index (χ1) is 10.4. The fourth-order valence-electron chi connectivity index (χ4n) is 3.22. The molecule has 0 aliphatic heterocycles. The second-order valence-corrected chi connectivity index (χ2v) is 13.9. The topological polar surface area (TPSA) is 3.88 Å². The van der Waals surface area contributed by atoms with Crippen molar-refractivity contribution in [2.24, 2.45) is 7.05 Å². The smallest absolute Gasteiger partial charge is 0.201 e. The van der Waals surface area contributed by atoms with Crippen molar-refractivity contribution < 1.29 is 4.57 Å². The molecule has 0 atom stereocenters. The van der Waals surface area contributed by atoms with E-state index in [4.69, 9.17) is 0 Å². The summed E-state index contributed by atoms with van der Waals surface area (Å²) in [6.45, 7) is 18.6. The van der Waals surface area contributed by atoms with Crippen LogP contribution < -0.4 is 9.75 Å². The summed E-state index contributed by atoms with van der Waals surface area (Å²) < 4.78 is 2.31. The molecule has 0 saturated carbocycles. The first kappa shape index (κ1) is 17.9. The Morgan fingerprint density at radius 1 is 0.913 bits per heavy atom. The van der Waals surface area contributed by atoms with Gasteiger partial charge >= 0.3 is 0 Å². The van der Waals surface area contributed by atoms with Gasteiger partial charge in [-0.2, -0.15) is 0 Å². The van der Waals surface area contributed by atoms with Crippen molar-refractivity contribution in [1.29, 1.82) is 0 Å². The highest BCUT2D eigenvalue weighted by Crippen LogP contribution is 2.28. The van der Waals surface area contributed by atoms with E-state index in [1.165, 1.54) is 27.9 Å². The van der Waals surface area contributed by atoms with Crippen LogP contribution in [-0.2, 0) is 12.5 Å². The molecule has 2 rings (SSSR count). The Labute approximate surface area is 143 Å². The summed E-state index contributed by atoms with van der Waals surface area (Å²) >= 11 is 0. The monoisotopic (exact) mass is 326 g/mol. The molecule has 0 aliphatic rings. The van der Waals surface area contributed by atoms with Crippen molar-refractivity contribution in [2.75, 3.05) is 0 Å². The number of pyridine rings is 1. The fourth-order valence-corrected chi connectivity index (χ4v) is 5.06. The summed E-state index contributed by atoms with van der Waals surface area (Å²) in [5, 5.41) is 1.55. The normalized spacial score (nSPS) is 12.6. The maximum Gasteiger partial charge on any atom is 0.212 e. The standard InChI is InChI=1S/C21H32NSi/c1-15-12-17(21(3,4)5)10-11-18(15)19-13-16(2)20(14-22(19)6)23(7,8)9/h10-14H,1-9H3/q+1. The summed E-state index contributed by atoms with van der Waals surface area (Å²) in [7, 11) is 0.875. The lowest BCUT2D eigenvalue weighted by Gasteiger charge is -2.21. The molecule has 0 saturated heterocycles. The first-order valence-corrected chi connectivity index (χ1v) is 12.0. The molecular formula is C21H32NSi+. The van der Waals surface area contributed by atoms with Crippen LogP contribution in [-0.4, -0.2) is 8.07 Å². The van der Waals surface area contributed by atoms with Crippen molar-refractivity contribution in [2.45, 2.75) is 59.7 Å². The summed E-state index contributed by atoms with van der Waals surface area (Å²) in [6.07, 6.45) is 2.36. The lowest BCUT2D eigenvalue weighted by molar-refractivity contribution is -0.659. The fraction of sp³-hybridized carbons (Fsp3) is 0.476. The Bertz CT molecular complexity index is 731. The van der Waals surface area contributed by atoms with E-state index in [0.717, 1.165) is 0 Å². The Kier molecular flexibility index (Phi) is 4.60. The molecule has 23 heavy (non-hydrogen) atoms. The molecule has 0 bridgehead atoms. The number of benzene rings is 1. The SMILES string of the molecule is Cc1cc(C(C)(C)C)ccc1-c1cc(C)c([Si](C)(C)C)c[n+]1C. The first-order valence-electron chi connectivity index (χ1n) is 8.53. The van der Waals surface area contributed by atoms with Crippen molar-refractivity contribution >= 4 is 13.3 Å². The highest BCUT2D eigenvalue weighted by Gasteiger charge is 2.25.